The number of piperazine rings is 1. The zero-order chi connectivity index (χ0) is 23.6. The molecule has 2 aromatic carbocycles. The van der Waals surface area contributed by atoms with Crippen molar-refractivity contribution in [1.29, 1.82) is 0 Å². The number of benzene rings is 2. The summed E-state index contributed by atoms with van der Waals surface area (Å²) in [4.78, 5) is 26.5. The van der Waals surface area contributed by atoms with E-state index in [4.69, 9.17) is 4.74 Å². The molecular weight excluding hydrogens is 449 g/mol. The fraction of sp³-hybridized carbons (Fsp3) is 0.391. The molecule has 1 aliphatic heterocycles. The third kappa shape index (κ3) is 5.51. The van der Waals surface area contributed by atoms with Crippen LogP contribution in [0.25, 0.3) is 0 Å². The average Bonchev–Trinajstić information content (AvgIpc) is 3.63. The lowest BCUT2D eigenvalue weighted by molar-refractivity contribution is -0.129. The predicted molar refractivity (Wildman–Crippen MR) is 120 cm³/mol. The second-order valence-corrected chi connectivity index (χ2v) is 10.2. The number of hydrogen-bond acceptors (Lipinski definition) is 6. The van der Waals surface area contributed by atoms with Gasteiger partial charge in [-0.25, -0.2) is 17.6 Å². The van der Waals surface area contributed by atoms with Crippen LogP contribution < -0.4 is 10.2 Å². The third-order valence-electron chi connectivity index (χ3n) is 5.71. The minimum Gasteiger partial charge on any atom is -0.449 e. The Hall–Kier alpha value is -2.98. The van der Waals surface area contributed by atoms with Gasteiger partial charge in [0.1, 0.15) is 5.82 Å². The van der Waals surface area contributed by atoms with Crippen LogP contribution in [0.3, 0.4) is 0 Å². The first-order chi connectivity index (χ1) is 15.7. The number of halogens is 1. The van der Waals surface area contributed by atoms with E-state index >= 15 is 0 Å². The van der Waals surface area contributed by atoms with Gasteiger partial charge in [0.15, 0.2) is 6.10 Å². The highest BCUT2D eigenvalue weighted by molar-refractivity contribution is 7.89. The second-order valence-electron chi connectivity index (χ2n) is 8.23. The molecule has 0 bridgehead atoms. The van der Waals surface area contributed by atoms with Gasteiger partial charge in [-0.05, 0) is 62.2 Å². The Morgan fingerprint density at radius 3 is 2.36 bits per heavy atom. The number of nitrogens with one attached hydrogen (secondary N) is 1. The normalized spacial score (nSPS) is 17.9. The quantitative estimate of drug-likeness (QED) is 0.617. The average molecular weight is 476 g/mol. The zero-order valence-electron chi connectivity index (χ0n) is 18.2. The van der Waals surface area contributed by atoms with Gasteiger partial charge >= 0.3 is 5.97 Å². The molecule has 176 valence electrons. The summed E-state index contributed by atoms with van der Waals surface area (Å²) in [5, 5.41) is 2.77. The van der Waals surface area contributed by atoms with Crippen LogP contribution in [-0.2, 0) is 19.6 Å². The molecule has 1 N–H and O–H groups in total. The van der Waals surface area contributed by atoms with Gasteiger partial charge in [-0.3, -0.25) is 4.79 Å². The maximum atomic E-state index is 13.2. The van der Waals surface area contributed by atoms with Crippen molar-refractivity contribution in [2.45, 2.75) is 36.8 Å². The third-order valence-corrected chi connectivity index (χ3v) is 7.61. The summed E-state index contributed by atoms with van der Waals surface area (Å²) < 4.78 is 46.0. The number of anilines is 1. The highest BCUT2D eigenvalue weighted by Gasteiger charge is 2.30. The molecule has 0 spiro atoms. The summed E-state index contributed by atoms with van der Waals surface area (Å²) in [6.07, 6.45) is 0.868. The number of carbonyl (C=O) groups excluding carboxylic acids is 2. The van der Waals surface area contributed by atoms with Crippen LogP contribution in [0.1, 0.15) is 30.1 Å². The lowest BCUT2D eigenvalue weighted by Gasteiger charge is -2.35. The van der Waals surface area contributed by atoms with Gasteiger partial charge in [0.25, 0.3) is 5.91 Å². The van der Waals surface area contributed by atoms with Crippen LogP contribution in [0.2, 0.25) is 0 Å². The van der Waals surface area contributed by atoms with Gasteiger partial charge in [-0.15, -0.1) is 0 Å². The molecule has 0 radical (unpaired) electrons. The summed E-state index contributed by atoms with van der Waals surface area (Å²) in [6.45, 7) is 2.91. The van der Waals surface area contributed by atoms with E-state index in [-0.39, 0.29) is 41.3 Å². The molecule has 0 aromatic heterocycles. The maximum absolute atomic E-state index is 13.2. The smallest absolute Gasteiger partial charge is 0.338 e. The largest absolute Gasteiger partial charge is 0.449 e. The van der Waals surface area contributed by atoms with Gasteiger partial charge in [-0.1, -0.05) is 6.07 Å². The van der Waals surface area contributed by atoms with E-state index in [1.165, 1.54) is 47.6 Å². The molecule has 1 amide bonds. The Labute approximate surface area is 192 Å². The number of hydrogen-bond donors (Lipinski definition) is 1. The van der Waals surface area contributed by atoms with E-state index in [1.54, 1.807) is 12.1 Å². The first kappa shape index (κ1) is 23.2. The fourth-order valence-corrected chi connectivity index (χ4v) is 5.07. The number of ether oxygens (including phenoxy) is 1. The predicted octanol–water partition coefficient (Wildman–Crippen LogP) is 2.16. The number of carbonyl (C=O) groups is 2. The van der Waals surface area contributed by atoms with Crippen molar-refractivity contribution in [3.8, 4) is 0 Å². The first-order valence-electron chi connectivity index (χ1n) is 10.9. The van der Waals surface area contributed by atoms with E-state index in [0.29, 0.717) is 13.1 Å². The fourth-order valence-electron chi connectivity index (χ4n) is 3.60. The molecule has 2 aromatic rings. The minimum absolute atomic E-state index is 0.0118. The SMILES string of the molecule is CC(OC(=O)c1cccc(S(=O)(=O)N2CCN(c3ccc(F)cc3)CC2)c1)C(=O)NC1CC1. The molecular formula is C23H26FN3O5S. The van der Waals surface area contributed by atoms with Crippen molar-refractivity contribution in [2.75, 3.05) is 31.1 Å². The number of sulfonamides is 1. The standard InChI is InChI=1S/C23H26FN3O5S/c1-16(22(28)25-19-7-8-19)32-23(29)17-3-2-4-21(15-17)33(30,31)27-13-11-26(12-14-27)20-9-5-18(24)6-10-20/h2-6,9-10,15-16,19H,7-8,11-14H2,1H3,(H,25,28). The van der Waals surface area contributed by atoms with Crippen LogP contribution in [0.4, 0.5) is 10.1 Å². The zero-order valence-corrected chi connectivity index (χ0v) is 19.1. The van der Waals surface area contributed by atoms with Crippen LogP contribution in [0, 0.1) is 5.82 Å². The number of amides is 1. The molecule has 1 saturated heterocycles. The molecule has 33 heavy (non-hydrogen) atoms. The van der Waals surface area contributed by atoms with E-state index in [9.17, 15) is 22.4 Å². The van der Waals surface area contributed by atoms with Crippen molar-refractivity contribution in [3.63, 3.8) is 0 Å². The Kier molecular flexibility index (Phi) is 6.66. The molecule has 2 aliphatic rings. The molecule has 1 saturated carbocycles. The molecule has 1 unspecified atom stereocenters. The molecule has 10 heteroatoms. The lowest BCUT2D eigenvalue weighted by atomic mass is 10.2. The summed E-state index contributed by atoms with van der Waals surface area (Å²) in [6, 6.07) is 11.9. The van der Waals surface area contributed by atoms with Gasteiger partial charge in [0.2, 0.25) is 10.0 Å². The van der Waals surface area contributed by atoms with Crippen LogP contribution >= 0.6 is 0 Å². The van der Waals surface area contributed by atoms with Crippen molar-refractivity contribution in [2.24, 2.45) is 0 Å². The number of nitrogens with zero attached hydrogens (tertiary/aromatic N) is 2. The molecule has 1 atom stereocenters. The monoisotopic (exact) mass is 475 g/mol. The van der Waals surface area contributed by atoms with Crippen LogP contribution in [-0.4, -0.2) is 62.9 Å². The molecule has 4 rings (SSSR count). The second kappa shape index (κ2) is 9.48. The summed E-state index contributed by atoms with van der Waals surface area (Å²) >= 11 is 0. The highest BCUT2D eigenvalue weighted by atomic mass is 32.2. The Morgan fingerprint density at radius 1 is 1.06 bits per heavy atom. The van der Waals surface area contributed by atoms with Crippen molar-refractivity contribution in [3.05, 3.63) is 59.9 Å². The Balaban J connectivity index is 1.40. The van der Waals surface area contributed by atoms with Crippen LogP contribution in [0.15, 0.2) is 53.4 Å². The van der Waals surface area contributed by atoms with E-state index in [1.807, 2.05) is 4.90 Å². The number of esters is 1. The van der Waals surface area contributed by atoms with Crippen molar-refractivity contribution in [1.82, 2.24) is 9.62 Å². The lowest BCUT2D eigenvalue weighted by Crippen LogP contribution is -2.48. The van der Waals surface area contributed by atoms with Gasteiger partial charge < -0.3 is 15.0 Å². The molecule has 1 heterocycles. The Bertz CT molecular complexity index is 1130. The van der Waals surface area contributed by atoms with Gasteiger partial charge in [0, 0.05) is 37.9 Å². The van der Waals surface area contributed by atoms with Crippen molar-refractivity contribution < 1.29 is 27.1 Å². The molecule has 2 fully saturated rings. The molecule has 8 nitrogen and oxygen atoms in total. The molecule has 1 aliphatic carbocycles. The summed E-state index contributed by atoms with van der Waals surface area (Å²) in [5.41, 5.74) is 0.894. The van der Waals surface area contributed by atoms with Gasteiger partial charge in [-0.2, -0.15) is 4.31 Å². The first-order valence-corrected chi connectivity index (χ1v) is 12.3. The Morgan fingerprint density at radius 2 is 1.73 bits per heavy atom. The van der Waals surface area contributed by atoms with Gasteiger partial charge in [0.05, 0.1) is 10.5 Å². The van der Waals surface area contributed by atoms with Crippen molar-refractivity contribution >= 4 is 27.6 Å². The maximum Gasteiger partial charge on any atom is 0.338 e. The summed E-state index contributed by atoms with van der Waals surface area (Å²) in [7, 11) is -3.82. The minimum atomic E-state index is -3.82. The highest BCUT2D eigenvalue weighted by Crippen LogP contribution is 2.23. The topological polar surface area (TPSA) is 96.0 Å². The summed E-state index contributed by atoms with van der Waals surface area (Å²) in [5.74, 6) is -1.45. The number of rotatable bonds is 7. The van der Waals surface area contributed by atoms with E-state index in [0.717, 1.165) is 18.5 Å². The van der Waals surface area contributed by atoms with E-state index < -0.39 is 22.1 Å². The van der Waals surface area contributed by atoms with E-state index in [2.05, 4.69) is 5.32 Å². The van der Waals surface area contributed by atoms with Crippen LogP contribution in [0.5, 0.6) is 0 Å².